The average molecular weight is 274 g/mol. The van der Waals surface area contributed by atoms with Crippen LogP contribution in [0.3, 0.4) is 0 Å². The van der Waals surface area contributed by atoms with Gasteiger partial charge >= 0.3 is 12.1 Å². The minimum Gasteiger partial charge on any atom is -0.392 e. The van der Waals surface area contributed by atoms with Crippen molar-refractivity contribution >= 4 is 6.03 Å². The zero-order valence-corrected chi connectivity index (χ0v) is 12.0. The Morgan fingerprint density at radius 2 is 2.20 bits per heavy atom. The molecule has 1 aliphatic carbocycles. The number of fused-ring (bicyclic) bond motifs is 1. The lowest BCUT2D eigenvalue weighted by molar-refractivity contribution is 0.0426. The van der Waals surface area contributed by atoms with Crippen LogP contribution in [0.15, 0.2) is 18.2 Å². The number of carbonyl (C=O) groups is 1. The van der Waals surface area contributed by atoms with Gasteiger partial charge in [-0.05, 0) is 41.5 Å². The summed E-state index contributed by atoms with van der Waals surface area (Å²) in [5.41, 5.74) is 5.37. The van der Waals surface area contributed by atoms with Crippen LogP contribution in [0.4, 0.5) is 4.79 Å². The van der Waals surface area contributed by atoms with E-state index in [-0.39, 0.29) is 17.6 Å². The number of urea groups is 1. The van der Waals surface area contributed by atoms with Gasteiger partial charge in [0.1, 0.15) is 5.56 Å². The first-order chi connectivity index (χ1) is 9.42. The number of carbonyl (C=O) groups excluding carboxylic acids is 1. The largest absolute Gasteiger partial charge is 0.392 e. The third-order valence-electron chi connectivity index (χ3n) is 3.74. The van der Waals surface area contributed by atoms with Crippen molar-refractivity contribution in [2.75, 3.05) is 7.05 Å². The first kappa shape index (κ1) is 14.4. The average Bonchev–Trinajstić information content (AvgIpc) is 2.40. The Kier molecular flexibility index (Phi) is 3.96. The van der Waals surface area contributed by atoms with E-state index in [1.54, 1.807) is 0 Å². The van der Waals surface area contributed by atoms with Crippen LogP contribution in [0, 0.1) is 11.5 Å². The van der Waals surface area contributed by atoms with Crippen LogP contribution in [0.2, 0.25) is 0 Å². The molecule has 106 valence electrons. The lowest BCUT2D eigenvalue weighted by atomic mass is 9.72. The molecular formula is C15H20N3O2+. The van der Waals surface area contributed by atoms with Gasteiger partial charge in [0.2, 0.25) is 0 Å². The van der Waals surface area contributed by atoms with E-state index in [1.807, 2.05) is 18.2 Å². The standard InChI is InChI=1S/C15H19N3O2/c1-15(2)8-11-5-4-10(6-12(11)7-13(15)19)9-17-18-14(20)16-3/h4-6,13,19H,7-8H2,1-3H3,(H-,16,18,20)/p+1. The van der Waals surface area contributed by atoms with Gasteiger partial charge in [-0.1, -0.05) is 19.9 Å². The maximum Gasteiger partial charge on any atom is 0.383 e. The molecule has 0 spiro atoms. The molecule has 1 aromatic carbocycles. The van der Waals surface area contributed by atoms with E-state index in [1.165, 1.54) is 12.6 Å². The third-order valence-corrected chi connectivity index (χ3v) is 3.74. The van der Waals surface area contributed by atoms with Gasteiger partial charge in [-0.15, -0.1) is 0 Å². The predicted octanol–water partition coefficient (Wildman–Crippen LogP) is 1.70. The van der Waals surface area contributed by atoms with E-state index in [2.05, 4.69) is 35.6 Å². The van der Waals surface area contributed by atoms with Crippen molar-refractivity contribution in [3.8, 4) is 6.07 Å². The molecule has 1 aliphatic rings. The summed E-state index contributed by atoms with van der Waals surface area (Å²) in [5, 5.41) is 12.5. The van der Waals surface area contributed by atoms with Gasteiger partial charge in [0.25, 0.3) is 0 Å². The zero-order valence-electron chi connectivity index (χ0n) is 12.0. The molecule has 2 rings (SSSR count). The van der Waals surface area contributed by atoms with E-state index in [0.717, 1.165) is 17.5 Å². The van der Waals surface area contributed by atoms with Crippen LogP contribution in [-0.4, -0.2) is 24.3 Å². The zero-order chi connectivity index (χ0) is 14.8. The molecule has 3 N–H and O–H groups in total. The van der Waals surface area contributed by atoms with E-state index in [4.69, 9.17) is 0 Å². The predicted molar refractivity (Wildman–Crippen MR) is 77.6 cm³/mol. The fraction of sp³-hybridized carbons (Fsp3) is 0.467. The molecule has 1 unspecified atom stereocenters. The van der Waals surface area contributed by atoms with Crippen molar-refractivity contribution in [2.45, 2.75) is 32.8 Å². The maximum atomic E-state index is 11.0. The van der Waals surface area contributed by atoms with Crippen molar-refractivity contribution < 1.29 is 9.90 Å². The number of nitrogens with one attached hydrogen (secondary N) is 2. The smallest absolute Gasteiger partial charge is 0.383 e. The molecule has 0 aliphatic heterocycles. The molecule has 5 heteroatoms. The van der Waals surface area contributed by atoms with Crippen LogP contribution in [0.5, 0.6) is 0 Å². The lowest BCUT2D eigenvalue weighted by Gasteiger charge is -2.36. The molecule has 0 radical (unpaired) electrons. The van der Waals surface area contributed by atoms with Gasteiger partial charge in [-0.2, -0.15) is 0 Å². The Morgan fingerprint density at radius 1 is 1.45 bits per heavy atom. The summed E-state index contributed by atoms with van der Waals surface area (Å²) in [5.74, 6) is 0. The van der Waals surface area contributed by atoms with Gasteiger partial charge in [0.05, 0.1) is 11.1 Å². The molecule has 0 aromatic heterocycles. The second kappa shape index (κ2) is 5.51. The molecule has 2 amide bonds. The number of aliphatic hydroxyl groups excluding tert-OH is 1. The minimum absolute atomic E-state index is 0.0902. The fourth-order valence-electron chi connectivity index (χ4n) is 2.35. The maximum absolute atomic E-state index is 11.0. The van der Waals surface area contributed by atoms with Crippen LogP contribution in [0.25, 0.3) is 4.95 Å². The summed E-state index contributed by atoms with van der Waals surface area (Å²) in [7, 11) is 1.52. The first-order valence-electron chi connectivity index (χ1n) is 6.66. The normalized spacial score (nSPS) is 19.3. The van der Waals surface area contributed by atoms with E-state index in [9.17, 15) is 9.90 Å². The molecule has 0 heterocycles. The van der Waals surface area contributed by atoms with Crippen molar-refractivity contribution in [1.82, 2.24) is 10.7 Å². The summed E-state index contributed by atoms with van der Waals surface area (Å²) >= 11 is 0. The van der Waals surface area contributed by atoms with Gasteiger partial charge in [0, 0.05) is 12.5 Å². The second-order valence-corrected chi connectivity index (χ2v) is 5.78. The third kappa shape index (κ3) is 3.09. The summed E-state index contributed by atoms with van der Waals surface area (Å²) in [6.45, 7) is 4.16. The van der Waals surface area contributed by atoms with Gasteiger partial charge in [-0.3, -0.25) is 0 Å². The molecule has 5 nitrogen and oxygen atoms in total. The molecule has 1 aromatic rings. The van der Waals surface area contributed by atoms with Crippen molar-refractivity contribution in [2.24, 2.45) is 5.41 Å². The molecule has 0 fully saturated rings. The molecule has 20 heavy (non-hydrogen) atoms. The summed E-state index contributed by atoms with van der Waals surface area (Å²) in [4.78, 5) is 14.7. The van der Waals surface area contributed by atoms with E-state index >= 15 is 0 Å². The summed E-state index contributed by atoms with van der Waals surface area (Å²) in [6.07, 6.45) is 1.16. The number of amides is 2. The van der Waals surface area contributed by atoms with Crippen LogP contribution < -0.4 is 10.7 Å². The lowest BCUT2D eigenvalue weighted by Crippen LogP contribution is -2.37. The van der Waals surface area contributed by atoms with Crippen LogP contribution in [-0.2, 0) is 12.8 Å². The number of aliphatic hydroxyl groups is 1. The SMILES string of the molecule is CNC(=O)N[N+]#Cc1ccc2c(c1)CC(O)C(C)(C)C2. The van der Waals surface area contributed by atoms with Gasteiger partial charge < -0.3 is 10.4 Å². The topological polar surface area (TPSA) is 65.7 Å². The summed E-state index contributed by atoms with van der Waals surface area (Å²) < 4.78 is 0. The molecule has 1 atom stereocenters. The van der Waals surface area contributed by atoms with E-state index in [0.29, 0.717) is 6.42 Å². The fourth-order valence-corrected chi connectivity index (χ4v) is 2.35. The highest BCUT2D eigenvalue weighted by Crippen LogP contribution is 2.35. The number of hydrogen-bond donors (Lipinski definition) is 3. The molecule has 0 saturated heterocycles. The van der Waals surface area contributed by atoms with Crippen LogP contribution in [0.1, 0.15) is 30.5 Å². The highest BCUT2D eigenvalue weighted by Gasteiger charge is 2.33. The number of nitrogens with zero attached hydrogens (tertiary/aromatic N) is 1. The molecular weight excluding hydrogens is 254 g/mol. The Morgan fingerprint density at radius 3 is 2.90 bits per heavy atom. The quantitative estimate of drug-likeness (QED) is 0.630. The first-order valence-corrected chi connectivity index (χ1v) is 6.66. The highest BCUT2D eigenvalue weighted by molar-refractivity contribution is 5.74. The highest BCUT2D eigenvalue weighted by atomic mass is 16.3. The number of rotatable bonds is 0. The Balaban J connectivity index is 2.17. The van der Waals surface area contributed by atoms with Gasteiger partial charge in [0.15, 0.2) is 0 Å². The Bertz CT molecular complexity index is 585. The minimum atomic E-state index is -0.382. The van der Waals surface area contributed by atoms with Crippen LogP contribution >= 0.6 is 0 Å². The Labute approximate surface area is 118 Å². The number of hydrogen-bond acceptors (Lipinski definition) is 2. The van der Waals surface area contributed by atoms with Crippen molar-refractivity contribution in [3.63, 3.8) is 0 Å². The van der Waals surface area contributed by atoms with Crippen molar-refractivity contribution in [1.29, 1.82) is 0 Å². The monoisotopic (exact) mass is 274 g/mol. The Hall–Kier alpha value is -2.06. The van der Waals surface area contributed by atoms with Crippen molar-refractivity contribution in [3.05, 3.63) is 39.8 Å². The number of benzene rings is 1. The van der Waals surface area contributed by atoms with Gasteiger partial charge in [-0.25, -0.2) is 4.79 Å². The van der Waals surface area contributed by atoms with E-state index < -0.39 is 0 Å². The molecule has 0 saturated carbocycles. The summed E-state index contributed by atoms with van der Waals surface area (Å²) in [6, 6.07) is 8.31. The second-order valence-electron chi connectivity index (χ2n) is 5.78. The molecule has 0 bridgehead atoms.